The lowest BCUT2D eigenvalue weighted by atomic mass is 10.0. The molecule has 1 atom stereocenters. The molecule has 0 saturated heterocycles. The minimum Gasteiger partial charge on any atom is -0.484 e. The van der Waals surface area contributed by atoms with E-state index < -0.39 is 5.91 Å². The van der Waals surface area contributed by atoms with Gasteiger partial charge in [0, 0.05) is 12.6 Å². The second-order valence-corrected chi connectivity index (χ2v) is 6.22. The molecule has 24 heavy (non-hydrogen) atoms. The topological polar surface area (TPSA) is 84.7 Å². The number of ether oxygens (including phenoxy) is 1. The number of likely N-dealkylation sites (N-methyl/N-ethyl adjacent to an activating group) is 1. The minimum absolute atomic E-state index is 0.0124. The zero-order valence-corrected chi connectivity index (χ0v) is 15.0. The molecule has 6 heteroatoms. The molecule has 0 spiro atoms. The van der Waals surface area contributed by atoms with Crippen molar-refractivity contribution < 1.29 is 14.3 Å². The van der Waals surface area contributed by atoms with Crippen molar-refractivity contribution in [3.05, 3.63) is 29.8 Å². The van der Waals surface area contributed by atoms with Gasteiger partial charge in [-0.05, 0) is 37.1 Å². The van der Waals surface area contributed by atoms with Crippen molar-refractivity contribution in [2.24, 2.45) is 11.7 Å². The van der Waals surface area contributed by atoms with Crippen LogP contribution in [-0.2, 0) is 16.1 Å². The number of hydrogen-bond donors (Lipinski definition) is 2. The fraction of sp³-hybridized carbons (Fsp3) is 0.556. The highest BCUT2D eigenvalue weighted by Crippen LogP contribution is 2.12. The number of nitrogens with zero attached hydrogens (tertiary/aromatic N) is 1. The van der Waals surface area contributed by atoms with E-state index in [2.05, 4.69) is 37.9 Å². The molecule has 134 valence electrons. The maximum absolute atomic E-state index is 12.1. The summed E-state index contributed by atoms with van der Waals surface area (Å²) in [5.74, 6) is 0.582. The van der Waals surface area contributed by atoms with Gasteiger partial charge in [-0.25, -0.2) is 0 Å². The van der Waals surface area contributed by atoms with Crippen LogP contribution in [0.2, 0.25) is 0 Å². The van der Waals surface area contributed by atoms with Crippen LogP contribution >= 0.6 is 0 Å². The lowest BCUT2D eigenvalue weighted by molar-refractivity contribution is -0.123. The largest absolute Gasteiger partial charge is 0.484 e. The smallest absolute Gasteiger partial charge is 0.255 e. The van der Waals surface area contributed by atoms with Crippen molar-refractivity contribution in [3.63, 3.8) is 0 Å². The highest BCUT2D eigenvalue weighted by Gasteiger charge is 2.18. The second-order valence-electron chi connectivity index (χ2n) is 6.22. The number of carbonyl (C=O) groups excluding carboxylic acids is 2. The van der Waals surface area contributed by atoms with E-state index in [1.165, 1.54) is 0 Å². The molecule has 0 aliphatic carbocycles. The van der Waals surface area contributed by atoms with Crippen LogP contribution in [-0.4, -0.2) is 42.5 Å². The van der Waals surface area contributed by atoms with Crippen molar-refractivity contribution in [2.75, 3.05) is 19.7 Å². The van der Waals surface area contributed by atoms with Gasteiger partial charge in [0.15, 0.2) is 6.61 Å². The summed E-state index contributed by atoms with van der Waals surface area (Å²) in [7, 11) is 0. The fourth-order valence-corrected chi connectivity index (χ4v) is 2.26. The quantitative estimate of drug-likeness (QED) is 0.679. The van der Waals surface area contributed by atoms with Crippen LogP contribution in [0.1, 0.15) is 33.3 Å². The van der Waals surface area contributed by atoms with Crippen LogP contribution in [0.5, 0.6) is 5.75 Å². The van der Waals surface area contributed by atoms with Gasteiger partial charge in [-0.1, -0.05) is 32.9 Å². The molecule has 1 aromatic carbocycles. The average Bonchev–Trinajstić information content (AvgIpc) is 2.56. The molecule has 0 fully saturated rings. The Bertz CT molecular complexity index is 529. The van der Waals surface area contributed by atoms with Crippen LogP contribution in [0.25, 0.3) is 0 Å². The predicted octanol–water partition coefficient (Wildman–Crippen LogP) is 1.53. The van der Waals surface area contributed by atoms with Gasteiger partial charge in [0.2, 0.25) is 5.91 Å². The Balaban J connectivity index is 2.44. The first-order valence-corrected chi connectivity index (χ1v) is 8.34. The summed E-state index contributed by atoms with van der Waals surface area (Å²) in [6.45, 7) is 10.1. The van der Waals surface area contributed by atoms with E-state index in [0.717, 1.165) is 12.1 Å². The molecule has 0 saturated carbocycles. The first kappa shape index (κ1) is 20.0. The highest BCUT2D eigenvalue weighted by atomic mass is 16.5. The Morgan fingerprint density at radius 2 is 1.83 bits per heavy atom. The highest BCUT2D eigenvalue weighted by molar-refractivity contribution is 5.78. The van der Waals surface area contributed by atoms with Crippen LogP contribution < -0.4 is 15.8 Å². The summed E-state index contributed by atoms with van der Waals surface area (Å²) in [4.78, 5) is 25.0. The maximum atomic E-state index is 12.1. The third kappa shape index (κ3) is 7.00. The first-order valence-electron chi connectivity index (χ1n) is 8.34. The minimum atomic E-state index is -0.512. The van der Waals surface area contributed by atoms with Gasteiger partial charge in [0.1, 0.15) is 5.75 Å². The van der Waals surface area contributed by atoms with Crippen molar-refractivity contribution >= 4 is 11.8 Å². The molecule has 0 unspecified atom stereocenters. The maximum Gasteiger partial charge on any atom is 0.255 e. The van der Waals surface area contributed by atoms with E-state index in [1.807, 2.05) is 12.1 Å². The van der Waals surface area contributed by atoms with Gasteiger partial charge in [-0.15, -0.1) is 0 Å². The lowest BCUT2D eigenvalue weighted by Crippen LogP contribution is -2.43. The molecule has 0 aromatic heterocycles. The Morgan fingerprint density at radius 1 is 1.21 bits per heavy atom. The number of benzene rings is 1. The van der Waals surface area contributed by atoms with Crippen molar-refractivity contribution in [1.82, 2.24) is 10.2 Å². The number of primary amides is 1. The third-order valence-corrected chi connectivity index (χ3v) is 4.09. The van der Waals surface area contributed by atoms with E-state index in [1.54, 1.807) is 12.1 Å². The summed E-state index contributed by atoms with van der Waals surface area (Å²) in [6, 6.07) is 7.57. The SMILES string of the molecule is CCN(CC(=O)NCc1ccc(OCC(N)=O)cc1)[C@@H](C)C(C)C. The van der Waals surface area contributed by atoms with E-state index in [-0.39, 0.29) is 12.5 Å². The number of rotatable bonds is 10. The number of nitrogens with two attached hydrogens (primary N) is 1. The van der Waals surface area contributed by atoms with Gasteiger partial charge >= 0.3 is 0 Å². The normalized spacial score (nSPS) is 12.2. The molecule has 1 aromatic rings. The number of carbonyl (C=O) groups is 2. The van der Waals surface area contributed by atoms with E-state index >= 15 is 0 Å². The zero-order valence-electron chi connectivity index (χ0n) is 15.0. The Labute approximate surface area is 144 Å². The average molecular weight is 335 g/mol. The Kier molecular flexibility index (Phi) is 8.26. The summed E-state index contributed by atoms with van der Waals surface area (Å²) < 4.78 is 5.20. The predicted molar refractivity (Wildman–Crippen MR) is 94.5 cm³/mol. The summed E-state index contributed by atoms with van der Waals surface area (Å²) in [6.07, 6.45) is 0. The third-order valence-electron chi connectivity index (χ3n) is 4.09. The Morgan fingerprint density at radius 3 is 2.33 bits per heavy atom. The van der Waals surface area contributed by atoms with Crippen LogP contribution in [0, 0.1) is 5.92 Å². The Hall–Kier alpha value is -2.08. The van der Waals surface area contributed by atoms with E-state index in [0.29, 0.717) is 30.8 Å². The molecular weight excluding hydrogens is 306 g/mol. The van der Waals surface area contributed by atoms with Crippen LogP contribution in [0.4, 0.5) is 0 Å². The van der Waals surface area contributed by atoms with Crippen LogP contribution in [0.3, 0.4) is 0 Å². The van der Waals surface area contributed by atoms with Crippen molar-refractivity contribution in [1.29, 1.82) is 0 Å². The molecule has 0 aliphatic heterocycles. The first-order chi connectivity index (χ1) is 11.3. The number of nitrogens with one attached hydrogen (secondary N) is 1. The second kappa shape index (κ2) is 9.93. The van der Waals surface area contributed by atoms with Gasteiger partial charge in [-0.2, -0.15) is 0 Å². The molecule has 2 amide bonds. The fourth-order valence-electron chi connectivity index (χ4n) is 2.26. The van der Waals surface area contributed by atoms with Crippen molar-refractivity contribution in [3.8, 4) is 5.75 Å². The summed E-state index contributed by atoms with van der Waals surface area (Å²) in [5, 5.41) is 2.93. The molecule has 0 radical (unpaired) electrons. The molecule has 0 aliphatic rings. The van der Waals surface area contributed by atoms with E-state index in [4.69, 9.17) is 10.5 Å². The zero-order chi connectivity index (χ0) is 18.1. The standard InChI is InChI=1S/C18H29N3O3/c1-5-21(14(4)13(2)3)11-18(23)20-10-15-6-8-16(9-7-15)24-12-17(19)22/h6-9,13-14H,5,10-12H2,1-4H3,(H2,19,22)(H,20,23)/t14-/m0/s1. The van der Waals surface area contributed by atoms with Gasteiger partial charge in [0.25, 0.3) is 5.91 Å². The molecule has 6 nitrogen and oxygen atoms in total. The number of amides is 2. The molecule has 1 rings (SSSR count). The molecule has 0 bridgehead atoms. The molecular formula is C18H29N3O3. The van der Waals surface area contributed by atoms with E-state index in [9.17, 15) is 9.59 Å². The van der Waals surface area contributed by atoms with Gasteiger partial charge in [-0.3, -0.25) is 14.5 Å². The van der Waals surface area contributed by atoms with Crippen molar-refractivity contribution in [2.45, 2.75) is 40.3 Å². The van der Waals surface area contributed by atoms with Crippen LogP contribution in [0.15, 0.2) is 24.3 Å². The summed E-state index contributed by atoms with van der Waals surface area (Å²) in [5.41, 5.74) is 5.99. The van der Waals surface area contributed by atoms with Gasteiger partial charge in [0.05, 0.1) is 6.54 Å². The summed E-state index contributed by atoms with van der Waals surface area (Å²) >= 11 is 0. The monoisotopic (exact) mass is 335 g/mol. The molecule has 3 N–H and O–H groups in total. The number of hydrogen-bond acceptors (Lipinski definition) is 4. The lowest BCUT2D eigenvalue weighted by Gasteiger charge is -2.30. The van der Waals surface area contributed by atoms with Gasteiger partial charge < -0.3 is 15.8 Å². The molecule has 0 heterocycles.